The Morgan fingerprint density at radius 2 is 1.79 bits per heavy atom. The molecular weight excluding hydrogens is 407 g/mol. The van der Waals surface area contributed by atoms with Gasteiger partial charge in [-0.3, -0.25) is 4.98 Å². The third kappa shape index (κ3) is 4.84. The SMILES string of the molecule is CCS(=O)(=O)N(C)C1CCN(c2cc(C(F)(F)F)nc(-c3ccncc3)n2)CC1. The minimum absolute atomic E-state index is 0.0137. The Balaban J connectivity index is 1.86. The summed E-state index contributed by atoms with van der Waals surface area (Å²) in [7, 11) is -1.77. The first kappa shape index (κ1) is 21.4. The van der Waals surface area contributed by atoms with E-state index in [1.807, 2.05) is 0 Å². The summed E-state index contributed by atoms with van der Waals surface area (Å²) in [5.74, 6) is 0.170. The Morgan fingerprint density at radius 1 is 1.17 bits per heavy atom. The van der Waals surface area contributed by atoms with E-state index >= 15 is 0 Å². The van der Waals surface area contributed by atoms with Gasteiger partial charge in [0.1, 0.15) is 5.82 Å². The molecule has 0 N–H and O–H groups in total. The Morgan fingerprint density at radius 3 is 2.34 bits per heavy atom. The maximum absolute atomic E-state index is 13.4. The second-order valence-corrected chi connectivity index (χ2v) is 9.12. The van der Waals surface area contributed by atoms with E-state index in [1.54, 1.807) is 31.0 Å². The first-order valence-corrected chi connectivity index (χ1v) is 10.8. The van der Waals surface area contributed by atoms with Crippen molar-refractivity contribution in [3.8, 4) is 11.4 Å². The molecule has 3 heterocycles. The van der Waals surface area contributed by atoms with Gasteiger partial charge in [0.25, 0.3) is 0 Å². The molecule has 0 saturated carbocycles. The zero-order valence-electron chi connectivity index (χ0n) is 16.1. The minimum Gasteiger partial charge on any atom is -0.356 e. The van der Waals surface area contributed by atoms with Crippen molar-refractivity contribution in [3.63, 3.8) is 0 Å². The highest BCUT2D eigenvalue weighted by atomic mass is 32.2. The topological polar surface area (TPSA) is 79.3 Å². The van der Waals surface area contributed by atoms with E-state index in [-0.39, 0.29) is 23.4 Å². The van der Waals surface area contributed by atoms with Crippen LogP contribution in [0.5, 0.6) is 0 Å². The predicted octanol–water partition coefficient (Wildman–Crippen LogP) is 2.81. The van der Waals surface area contributed by atoms with E-state index in [1.165, 1.54) is 16.7 Å². The lowest BCUT2D eigenvalue weighted by Crippen LogP contribution is -2.46. The number of nitrogens with zero attached hydrogens (tertiary/aromatic N) is 5. The van der Waals surface area contributed by atoms with Crippen molar-refractivity contribution in [1.82, 2.24) is 19.3 Å². The van der Waals surface area contributed by atoms with E-state index in [4.69, 9.17) is 0 Å². The van der Waals surface area contributed by atoms with Crippen LogP contribution in [0.3, 0.4) is 0 Å². The van der Waals surface area contributed by atoms with Crippen LogP contribution in [0.4, 0.5) is 19.0 Å². The summed E-state index contributed by atoms with van der Waals surface area (Å²) in [5.41, 5.74) is -0.571. The summed E-state index contributed by atoms with van der Waals surface area (Å²) in [6.45, 7) is 2.39. The molecule has 7 nitrogen and oxygen atoms in total. The van der Waals surface area contributed by atoms with Gasteiger partial charge in [-0.25, -0.2) is 22.7 Å². The summed E-state index contributed by atoms with van der Waals surface area (Å²) in [6.07, 6.45) is -0.660. The Labute approximate surface area is 167 Å². The molecule has 1 saturated heterocycles. The molecule has 29 heavy (non-hydrogen) atoms. The van der Waals surface area contributed by atoms with E-state index in [9.17, 15) is 21.6 Å². The Hall–Kier alpha value is -2.27. The van der Waals surface area contributed by atoms with Crippen LogP contribution in [0.1, 0.15) is 25.5 Å². The standard InChI is InChI=1S/C18H22F3N5O2S/c1-3-29(27,28)25(2)14-6-10-26(11-7-14)16-12-15(18(19,20)21)23-17(24-16)13-4-8-22-9-5-13/h4-5,8-9,12,14H,3,6-7,10-11H2,1-2H3. The molecule has 1 fully saturated rings. The van der Waals surface area contributed by atoms with E-state index in [0.29, 0.717) is 31.5 Å². The van der Waals surface area contributed by atoms with E-state index in [2.05, 4.69) is 15.0 Å². The maximum Gasteiger partial charge on any atom is 0.433 e. The lowest BCUT2D eigenvalue weighted by molar-refractivity contribution is -0.141. The van der Waals surface area contributed by atoms with Crippen molar-refractivity contribution in [2.24, 2.45) is 0 Å². The van der Waals surface area contributed by atoms with Gasteiger partial charge in [0.05, 0.1) is 5.75 Å². The molecule has 11 heteroatoms. The van der Waals surface area contributed by atoms with Crippen LogP contribution in [-0.4, -0.2) is 59.6 Å². The van der Waals surface area contributed by atoms with Crippen LogP contribution >= 0.6 is 0 Å². The molecule has 0 amide bonds. The summed E-state index contributed by atoms with van der Waals surface area (Å²) >= 11 is 0. The van der Waals surface area contributed by atoms with Gasteiger partial charge in [-0.05, 0) is 31.9 Å². The number of piperidine rings is 1. The van der Waals surface area contributed by atoms with Gasteiger partial charge in [0.15, 0.2) is 11.5 Å². The lowest BCUT2D eigenvalue weighted by atomic mass is 10.1. The molecule has 0 spiro atoms. The first-order chi connectivity index (χ1) is 13.6. The van der Waals surface area contributed by atoms with Gasteiger partial charge in [0, 0.05) is 50.2 Å². The fourth-order valence-electron chi connectivity index (χ4n) is 3.26. The molecule has 0 aliphatic carbocycles. The largest absolute Gasteiger partial charge is 0.433 e. The molecule has 2 aromatic rings. The fourth-order valence-corrected chi connectivity index (χ4v) is 4.33. The second-order valence-electron chi connectivity index (χ2n) is 6.80. The second kappa shape index (κ2) is 8.23. The summed E-state index contributed by atoms with van der Waals surface area (Å²) in [6, 6.07) is 3.86. The van der Waals surface area contributed by atoms with Crippen molar-refractivity contribution in [1.29, 1.82) is 0 Å². The molecule has 0 atom stereocenters. The summed E-state index contributed by atoms with van der Waals surface area (Å²) < 4.78 is 65.6. The quantitative estimate of drug-likeness (QED) is 0.727. The zero-order valence-corrected chi connectivity index (χ0v) is 16.9. The molecule has 2 aromatic heterocycles. The monoisotopic (exact) mass is 429 g/mol. The number of anilines is 1. The lowest BCUT2D eigenvalue weighted by Gasteiger charge is -2.36. The number of rotatable bonds is 5. The number of hydrogen-bond acceptors (Lipinski definition) is 6. The van der Waals surface area contributed by atoms with Crippen LogP contribution in [0.15, 0.2) is 30.6 Å². The number of sulfonamides is 1. The molecular formula is C18H22F3N5O2S. The normalized spacial score (nSPS) is 16.4. The number of halogens is 3. The van der Waals surface area contributed by atoms with Crippen molar-refractivity contribution < 1.29 is 21.6 Å². The smallest absolute Gasteiger partial charge is 0.356 e. The molecule has 1 aliphatic rings. The molecule has 3 rings (SSSR count). The molecule has 1 aliphatic heterocycles. The third-order valence-electron chi connectivity index (χ3n) is 5.05. The van der Waals surface area contributed by atoms with Crippen molar-refractivity contribution in [2.75, 3.05) is 30.8 Å². The average Bonchev–Trinajstić information content (AvgIpc) is 2.73. The molecule has 0 aromatic carbocycles. The van der Waals surface area contributed by atoms with Gasteiger partial charge >= 0.3 is 6.18 Å². The van der Waals surface area contributed by atoms with Gasteiger partial charge < -0.3 is 4.90 Å². The number of alkyl halides is 3. The van der Waals surface area contributed by atoms with Crippen LogP contribution in [-0.2, 0) is 16.2 Å². The maximum atomic E-state index is 13.4. The van der Waals surface area contributed by atoms with Crippen molar-refractivity contribution in [2.45, 2.75) is 32.0 Å². The highest BCUT2D eigenvalue weighted by Crippen LogP contribution is 2.32. The van der Waals surface area contributed by atoms with Gasteiger partial charge in [-0.1, -0.05) is 0 Å². The highest BCUT2D eigenvalue weighted by molar-refractivity contribution is 7.89. The van der Waals surface area contributed by atoms with Crippen LogP contribution in [0.25, 0.3) is 11.4 Å². The molecule has 0 unspecified atom stereocenters. The Bertz CT molecular complexity index is 946. The van der Waals surface area contributed by atoms with E-state index in [0.717, 1.165) is 6.07 Å². The van der Waals surface area contributed by atoms with Gasteiger partial charge in [-0.15, -0.1) is 0 Å². The minimum atomic E-state index is -4.60. The molecule has 0 bridgehead atoms. The van der Waals surface area contributed by atoms with E-state index < -0.39 is 21.9 Å². The molecule has 158 valence electrons. The van der Waals surface area contributed by atoms with Gasteiger partial charge in [0.2, 0.25) is 10.0 Å². The van der Waals surface area contributed by atoms with Crippen LogP contribution < -0.4 is 4.90 Å². The first-order valence-electron chi connectivity index (χ1n) is 9.19. The summed E-state index contributed by atoms with van der Waals surface area (Å²) in [4.78, 5) is 13.6. The average molecular weight is 429 g/mol. The van der Waals surface area contributed by atoms with Crippen LogP contribution in [0, 0.1) is 0 Å². The fraction of sp³-hybridized carbons (Fsp3) is 0.500. The number of hydrogen-bond donors (Lipinski definition) is 0. The van der Waals surface area contributed by atoms with Crippen molar-refractivity contribution in [3.05, 3.63) is 36.3 Å². The number of aromatic nitrogens is 3. The third-order valence-corrected chi connectivity index (χ3v) is 6.95. The zero-order chi connectivity index (χ0) is 21.2. The van der Waals surface area contributed by atoms with Crippen LogP contribution in [0.2, 0.25) is 0 Å². The summed E-state index contributed by atoms with van der Waals surface area (Å²) in [5, 5.41) is 0. The highest BCUT2D eigenvalue weighted by Gasteiger charge is 2.35. The number of pyridine rings is 1. The predicted molar refractivity (Wildman–Crippen MR) is 103 cm³/mol. The Kier molecular flexibility index (Phi) is 6.08. The van der Waals surface area contributed by atoms with Crippen molar-refractivity contribution >= 4 is 15.8 Å². The van der Waals surface area contributed by atoms with Gasteiger partial charge in [-0.2, -0.15) is 13.2 Å². The molecule has 0 radical (unpaired) electrons.